The van der Waals surface area contributed by atoms with Crippen LogP contribution in [0.1, 0.15) is 48.3 Å². The van der Waals surface area contributed by atoms with Crippen molar-refractivity contribution >= 4 is 5.78 Å². The predicted molar refractivity (Wildman–Crippen MR) is 147 cm³/mol. The number of rotatable bonds is 10. The summed E-state index contributed by atoms with van der Waals surface area (Å²) in [5.74, 6) is 0.877. The molecule has 0 aliphatic carbocycles. The molecule has 0 spiro atoms. The molecule has 5 rings (SSSR count). The summed E-state index contributed by atoms with van der Waals surface area (Å²) in [6.07, 6.45) is 6.24. The molecule has 0 bridgehead atoms. The molecule has 0 radical (unpaired) electrons. The highest BCUT2D eigenvalue weighted by molar-refractivity contribution is 5.98. The fourth-order valence-corrected chi connectivity index (χ4v) is 4.68. The van der Waals surface area contributed by atoms with E-state index in [-0.39, 0.29) is 11.5 Å². The summed E-state index contributed by atoms with van der Waals surface area (Å²) >= 11 is 0. The van der Waals surface area contributed by atoms with Gasteiger partial charge >= 0.3 is 5.69 Å². The second-order valence-corrected chi connectivity index (χ2v) is 9.22. The molecule has 0 saturated heterocycles. The Hall–Kier alpha value is -4.86. The fourth-order valence-electron chi connectivity index (χ4n) is 4.68. The number of nitrogens with one attached hydrogen (secondary N) is 1. The molecule has 198 valence electrons. The van der Waals surface area contributed by atoms with E-state index < -0.39 is 0 Å². The van der Waals surface area contributed by atoms with Gasteiger partial charge in [0.2, 0.25) is 0 Å². The van der Waals surface area contributed by atoms with Gasteiger partial charge in [-0.15, -0.1) is 5.10 Å². The molecule has 2 aromatic carbocycles. The molecule has 5 aromatic rings. The Morgan fingerprint density at radius 3 is 2.59 bits per heavy atom. The van der Waals surface area contributed by atoms with Crippen LogP contribution in [-0.2, 0) is 13.0 Å². The number of methoxy groups -OCH3 is 1. The number of aromatic nitrogens is 7. The van der Waals surface area contributed by atoms with Gasteiger partial charge in [0.1, 0.15) is 11.4 Å². The molecule has 0 atom stereocenters. The number of imidazole rings is 1. The Bertz CT molecular complexity index is 1650. The van der Waals surface area contributed by atoms with Crippen LogP contribution in [0.15, 0.2) is 71.8 Å². The van der Waals surface area contributed by atoms with Gasteiger partial charge in [-0.2, -0.15) is 0 Å². The van der Waals surface area contributed by atoms with Crippen molar-refractivity contribution in [2.24, 2.45) is 0 Å². The van der Waals surface area contributed by atoms with Crippen LogP contribution in [0.3, 0.4) is 0 Å². The molecular formula is C29H29N7O3. The van der Waals surface area contributed by atoms with Gasteiger partial charge in [0.25, 0.3) is 0 Å². The SMILES string of the molecule is CCCCc1cn(-c2c(OC)cccc2C(C)=O)c(=O)n1Cc1ccc(-c2ncccc2-c2nnn[nH]2)cc1. The monoisotopic (exact) mass is 523 g/mol. The van der Waals surface area contributed by atoms with Crippen molar-refractivity contribution in [1.29, 1.82) is 0 Å². The molecule has 0 amide bonds. The van der Waals surface area contributed by atoms with Gasteiger partial charge in [-0.1, -0.05) is 43.7 Å². The zero-order valence-corrected chi connectivity index (χ0v) is 22.1. The molecule has 0 unspecified atom stereocenters. The number of hydrogen-bond acceptors (Lipinski definition) is 7. The number of carbonyl (C=O) groups is 1. The maximum atomic E-state index is 13.8. The summed E-state index contributed by atoms with van der Waals surface area (Å²) in [6, 6.07) is 16.9. The van der Waals surface area contributed by atoms with Crippen LogP contribution in [0, 0.1) is 0 Å². The largest absolute Gasteiger partial charge is 0.495 e. The molecule has 3 aromatic heterocycles. The number of pyridine rings is 1. The number of hydrogen-bond donors (Lipinski definition) is 1. The third-order valence-corrected chi connectivity index (χ3v) is 6.66. The lowest BCUT2D eigenvalue weighted by molar-refractivity contribution is 0.101. The average molecular weight is 524 g/mol. The first-order valence-corrected chi connectivity index (χ1v) is 12.8. The van der Waals surface area contributed by atoms with E-state index in [2.05, 4.69) is 32.5 Å². The Morgan fingerprint density at radius 1 is 1.08 bits per heavy atom. The molecule has 0 saturated carbocycles. The van der Waals surface area contributed by atoms with E-state index in [4.69, 9.17) is 4.74 Å². The van der Waals surface area contributed by atoms with E-state index in [1.54, 1.807) is 33.5 Å². The maximum Gasteiger partial charge on any atom is 0.333 e. The molecule has 0 fully saturated rings. The topological polar surface area (TPSA) is 121 Å². The van der Waals surface area contributed by atoms with Crippen LogP contribution in [0.4, 0.5) is 0 Å². The van der Waals surface area contributed by atoms with Crippen LogP contribution in [0.5, 0.6) is 5.75 Å². The molecule has 10 nitrogen and oxygen atoms in total. The lowest BCUT2D eigenvalue weighted by Gasteiger charge is -2.12. The van der Waals surface area contributed by atoms with Crippen molar-refractivity contribution in [3.8, 4) is 34.1 Å². The number of aryl methyl sites for hydroxylation is 1. The molecule has 0 aliphatic rings. The molecule has 10 heteroatoms. The van der Waals surface area contributed by atoms with Crippen molar-refractivity contribution in [3.05, 3.63) is 94.3 Å². The minimum Gasteiger partial charge on any atom is -0.495 e. The smallest absolute Gasteiger partial charge is 0.333 e. The number of ketones is 1. The number of H-pyrrole nitrogens is 1. The third-order valence-electron chi connectivity index (χ3n) is 6.66. The quantitative estimate of drug-likeness (QED) is 0.268. The number of tetrazole rings is 1. The lowest BCUT2D eigenvalue weighted by Crippen LogP contribution is -2.26. The summed E-state index contributed by atoms with van der Waals surface area (Å²) in [6.45, 7) is 4.00. The second-order valence-electron chi connectivity index (χ2n) is 9.22. The number of carbonyl (C=O) groups excluding carboxylic acids is 1. The first kappa shape index (κ1) is 25.8. The van der Waals surface area contributed by atoms with Crippen molar-refractivity contribution in [2.75, 3.05) is 7.11 Å². The summed E-state index contributed by atoms with van der Waals surface area (Å²) in [4.78, 5) is 30.8. The summed E-state index contributed by atoms with van der Waals surface area (Å²) < 4.78 is 8.86. The highest BCUT2D eigenvalue weighted by Crippen LogP contribution is 2.29. The molecule has 0 aliphatic heterocycles. The van der Waals surface area contributed by atoms with E-state index in [1.807, 2.05) is 42.6 Å². The number of Topliss-reactive ketones (excluding diaryl/α,β-unsaturated/α-hetero) is 1. The van der Waals surface area contributed by atoms with Crippen LogP contribution >= 0.6 is 0 Å². The second kappa shape index (κ2) is 11.3. The highest BCUT2D eigenvalue weighted by Gasteiger charge is 2.20. The summed E-state index contributed by atoms with van der Waals surface area (Å²) in [7, 11) is 1.54. The van der Waals surface area contributed by atoms with Gasteiger partial charge in [0.05, 0.1) is 19.3 Å². The van der Waals surface area contributed by atoms with E-state index in [0.717, 1.165) is 47.3 Å². The van der Waals surface area contributed by atoms with E-state index in [9.17, 15) is 9.59 Å². The van der Waals surface area contributed by atoms with Crippen molar-refractivity contribution in [3.63, 3.8) is 0 Å². The standard InChI is InChI=1S/C29H29N7O3/c1-4-5-8-22-18-36(27-23(19(2)37)9-6-11-25(27)39-3)29(38)35(22)17-20-12-14-21(15-13-20)26-24(10-7-16-30-26)28-31-33-34-32-28/h6-7,9-16,18H,4-5,8,17H2,1-3H3,(H,31,32,33,34). The van der Waals surface area contributed by atoms with Crippen molar-refractivity contribution in [1.82, 2.24) is 34.7 Å². The van der Waals surface area contributed by atoms with E-state index in [1.165, 1.54) is 14.0 Å². The third kappa shape index (κ3) is 5.13. The highest BCUT2D eigenvalue weighted by atomic mass is 16.5. The zero-order valence-electron chi connectivity index (χ0n) is 22.1. The zero-order chi connectivity index (χ0) is 27.4. The van der Waals surface area contributed by atoms with Gasteiger partial charge in [-0.25, -0.2) is 9.89 Å². The molecule has 1 N–H and O–H groups in total. The lowest BCUT2D eigenvalue weighted by atomic mass is 10.0. The fraction of sp³-hybridized carbons (Fsp3) is 0.241. The van der Waals surface area contributed by atoms with Crippen molar-refractivity contribution in [2.45, 2.75) is 39.7 Å². The number of nitrogens with zero attached hydrogens (tertiary/aromatic N) is 6. The Kier molecular flexibility index (Phi) is 7.44. The number of ether oxygens (including phenoxy) is 1. The summed E-state index contributed by atoms with van der Waals surface area (Å²) in [5.41, 5.74) is 5.00. The first-order chi connectivity index (χ1) is 19.0. The van der Waals surface area contributed by atoms with Gasteiger partial charge in [0, 0.05) is 34.8 Å². The Morgan fingerprint density at radius 2 is 1.90 bits per heavy atom. The van der Waals surface area contributed by atoms with Crippen molar-refractivity contribution < 1.29 is 9.53 Å². The van der Waals surface area contributed by atoms with E-state index >= 15 is 0 Å². The predicted octanol–water partition coefficient (Wildman–Crippen LogP) is 4.48. The normalized spacial score (nSPS) is 11.1. The van der Waals surface area contributed by atoms with Crippen LogP contribution in [0.2, 0.25) is 0 Å². The van der Waals surface area contributed by atoms with Crippen LogP contribution in [-0.4, -0.2) is 47.6 Å². The number of aromatic amines is 1. The minimum atomic E-state index is -0.220. The number of para-hydroxylation sites is 1. The molecule has 39 heavy (non-hydrogen) atoms. The van der Waals surface area contributed by atoms with Gasteiger partial charge < -0.3 is 4.74 Å². The summed E-state index contributed by atoms with van der Waals surface area (Å²) in [5, 5.41) is 14.2. The molecular weight excluding hydrogens is 494 g/mol. The molecule has 3 heterocycles. The van der Waals surface area contributed by atoms with Gasteiger partial charge in [-0.3, -0.25) is 18.9 Å². The van der Waals surface area contributed by atoms with Crippen LogP contribution < -0.4 is 10.4 Å². The van der Waals surface area contributed by atoms with Crippen LogP contribution in [0.25, 0.3) is 28.3 Å². The van der Waals surface area contributed by atoms with Gasteiger partial charge in [-0.05, 0) is 60.0 Å². The Balaban J connectivity index is 1.53. The number of benzene rings is 2. The maximum absolute atomic E-state index is 13.8. The Labute approximate surface area is 225 Å². The van der Waals surface area contributed by atoms with E-state index in [0.29, 0.717) is 29.4 Å². The minimum absolute atomic E-state index is 0.135. The first-order valence-electron chi connectivity index (χ1n) is 12.8. The number of unbranched alkanes of at least 4 members (excludes halogenated alkanes) is 1. The van der Waals surface area contributed by atoms with Gasteiger partial charge in [0.15, 0.2) is 11.6 Å². The average Bonchev–Trinajstić information content (AvgIpc) is 3.61.